The highest BCUT2D eigenvalue weighted by Gasteiger charge is 2.21. The van der Waals surface area contributed by atoms with Crippen LogP contribution in [-0.4, -0.2) is 20.2 Å². The van der Waals surface area contributed by atoms with Crippen LogP contribution >= 0.6 is 22.7 Å². The van der Waals surface area contributed by atoms with Crippen LogP contribution in [-0.2, 0) is 38.9 Å². The number of fused-ring (bicyclic) bond motifs is 10. The molecule has 2 aromatic heterocycles. The Morgan fingerprint density at radius 2 is 0.750 bits per heavy atom. The number of nitrogens with zero attached hydrogens (tertiary/aromatic N) is 2. The second-order valence-electron chi connectivity index (χ2n) is 13.1. The van der Waals surface area contributed by atoms with Crippen molar-refractivity contribution in [3.8, 4) is 23.0 Å². The van der Waals surface area contributed by atoms with E-state index in [0.717, 1.165) is 86.5 Å². The van der Waals surface area contributed by atoms with Crippen LogP contribution in [0.25, 0.3) is 20.4 Å². The van der Waals surface area contributed by atoms with Crippen molar-refractivity contribution in [3.05, 3.63) is 176 Å². The first kappa shape index (κ1) is 32.2. The average molecular weight is 719 g/mol. The van der Waals surface area contributed by atoms with E-state index in [1.54, 1.807) is 22.7 Å². The van der Waals surface area contributed by atoms with Crippen molar-refractivity contribution in [2.75, 3.05) is 0 Å². The van der Waals surface area contributed by atoms with E-state index in [1.807, 2.05) is 84.9 Å². The summed E-state index contributed by atoms with van der Waals surface area (Å²) in [5.41, 5.74) is 8.97. The van der Waals surface area contributed by atoms with Gasteiger partial charge < -0.3 is 19.7 Å². The van der Waals surface area contributed by atoms with Gasteiger partial charge in [-0.15, -0.1) is 22.7 Å². The molecule has 6 nitrogen and oxygen atoms in total. The molecule has 256 valence electrons. The molecule has 52 heavy (non-hydrogen) atoms. The average Bonchev–Trinajstić information content (AvgIpc) is 3.78. The number of hydrogen-bond donors (Lipinski definition) is 2. The number of ether oxygens (including phenoxy) is 2. The van der Waals surface area contributed by atoms with E-state index in [-0.39, 0.29) is 11.5 Å². The third-order valence-electron chi connectivity index (χ3n) is 9.64. The van der Waals surface area contributed by atoms with Gasteiger partial charge in [0, 0.05) is 25.7 Å². The summed E-state index contributed by atoms with van der Waals surface area (Å²) < 4.78 is 15.5. The zero-order chi connectivity index (χ0) is 35.0. The Morgan fingerprint density at radius 1 is 0.423 bits per heavy atom. The van der Waals surface area contributed by atoms with Crippen molar-refractivity contribution in [1.29, 1.82) is 0 Å². The third kappa shape index (κ3) is 6.36. The SMILES string of the molecule is Oc1c2cccc1Cc1cccc(c1OCc1nc3ccccc3s1)Cc1cccc(c1O)Cc1cccc(c1OCc1nc3ccccc3s1)C2. The molecule has 0 fully saturated rings. The molecule has 1 aliphatic carbocycles. The lowest BCUT2D eigenvalue weighted by molar-refractivity contribution is 0.299. The van der Waals surface area contributed by atoms with Crippen LogP contribution in [0.3, 0.4) is 0 Å². The van der Waals surface area contributed by atoms with Gasteiger partial charge in [-0.05, 0) is 68.8 Å². The van der Waals surface area contributed by atoms with Gasteiger partial charge in [-0.2, -0.15) is 0 Å². The van der Waals surface area contributed by atoms with Crippen molar-refractivity contribution in [2.24, 2.45) is 0 Å². The molecule has 9 rings (SSSR count). The van der Waals surface area contributed by atoms with E-state index in [1.165, 1.54) is 0 Å². The number of benzene rings is 6. The molecule has 0 saturated heterocycles. The fourth-order valence-corrected chi connectivity index (χ4v) is 8.88. The molecule has 6 aromatic carbocycles. The fourth-order valence-electron chi connectivity index (χ4n) is 7.12. The summed E-state index contributed by atoms with van der Waals surface area (Å²) in [7, 11) is 0. The van der Waals surface area contributed by atoms with Crippen LogP contribution in [0.15, 0.2) is 121 Å². The minimum Gasteiger partial charge on any atom is -0.507 e. The lowest BCUT2D eigenvalue weighted by Crippen LogP contribution is -2.06. The second kappa shape index (κ2) is 13.8. The predicted molar refractivity (Wildman–Crippen MR) is 208 cm³/mol. The first-order valence-electron chi connectivity index (χ1n) is 17.3. The highest BCUT2D eigenvalue weighted by molar-refractivity contribution is 7.18. The molecule has 0 saturated carbocycles. The van der Waals surface area contributed by atoms with E-state index < -0.39 is 0 Å². The molecule has 2 heterocycles. The maximum absolute atomic E-state index is 11.8. The minimum atomic E-state index is 0.266. The second-order valence-corrected chi connectivity index (χ2v) is 15.3. The zero-order valence-corrected chi connectivity index (χ0v) is 29.8. The topological polar surface area (TPSA) is 84.7 Å². The van der Waals surface area contributed by atoms with Crippen LogP contribution < -0.4 is 9.47 Å². The number of aromatic hydroxyl groups is 2. The Hall–Kier alpha value is -5.70. The molecule has 8 aromatic rings. The van der Waals surface area contributed by atoms with Gasteiger partial charge in [0.2, 0.25) is 0 Å². The quantitative estimate of drug-likeness (QED) is 0.178. The van der Waals surface area contributed by atoms with Crippen molar-refractivity contribution in [1.82, 2.24) is 9.97 Å². The van der Waals surface area contributed by atoms with E-state index in [2.05, 4.69) is 36.4 Å². The van der Waals surface area contributed by atoms with Gasteiger partial charge in [0.1, 0.15) is 46.2 Å². The molecule has 0 aliphatic heterocycles. The smallest absolute Gasteiger partial charge is 0.140 e. The molecular formula is C44H34N2O4S2. The summed E-state index contributed by atoms with van der Waals surface area (Å²) in [5.74, 6) is 2.03. The maximum Gasteiger partial charge on any atom is 0.140 e. The van der Waals surface area contributed by atoms with Crippen LogP contribution in [0.5, 0.6) is 23.0 Å². The fraction of sp³-hybridized carbons (Fsp3) is 0.136. The minimum absolute atomic E-state index is 0.266. The van der Waals surface area contributed by atoms with Gasteiger partial charge >= 0.3 is 0 Å². The van der Waals surface area contributed by atoms with Crippen LogP contribution in [0, 0.1) is 0 Å². The predicted octanol–water partition coefficient (Wildman–Crippen LogP) is 10.2. The molecule has 1 aliphatic rings. The number of thiazole rings is 2. The maximum atomic E-state index is 11.8. The van der Waals surface area contributed by atoms with E-state index in [0.29, 0.717) is 38.9 Å². The summed E-state index contributed by atoms with van der Waals surface area (Å²) in [6, 6.07) is 40.4. The number of phenols is 2. The molecule has 2 N–H and O–H groups in total. The Bertz CT molecular complexity index is 2260. The Morgan fingerprint density at radius 3 is 1.10 bits per heavy atom. The van der Waals surface area contributed by atoms with Crippen molar-refractivity contribution >= 4 is 43.1 Å². The van der Waals surface area contributed by atoms with E-state index in [4.69, 9.17) is 19.4 Å². The number of rotatable bonds is 6. The van der Waals surface area contributed by atoms with Crippen molar-refractivity contribution in [3.63, 3.8) is 0 Å². The Kier molecular flexibility index (Phi) is 8.54. The summed E-state index contributed by atoms with van der Waals surface area (Å²) in [6.07, 6.45) is 1.87. The lowest BCUT2D eigenvalue weighted by atomic mass is 9.91. The van der Waals surface area contributed by atoms with Gasteiger partial charge in [0.05, 0.1) is 20.4 Å². The number of phenolic OH excluding ortho intramolecular Hbond substituents is 2. The lowest BCUT2D eigenvalue weighted by Gasteiger charge is -2.20. The third-order valence-corrected chi connectivity index (χ3v) is 11.7. The van der Waals surface area contributed by atoms with Crippen LogP contribution in [0.2, 0.25) is 0 Å². The van der Waals surface area contributed by atoms with E-state index >= 15 is 0 Å². The molecule has 0 atom stereocenters. The highest BCUT2D eigenvalue weighted by Crippen LogP contribution is 2.39. The van der Waals surface area contributed by atoms with Gasteiger partial charge in [-0.3, -0.25) is 0 Å². The Labute approximate surface area is 309 Å². The Balaban J connectivity index is 1.12. The van der Waals surface area contributed by atoms with Crippen LogP contribution in [0.1, 0.15) is 54.5 Å². The first-order valence-corrected chi connectivity index (χ1v) is 18.9. The molecule has 0 spiro atoms. The highest BCUT2D eigenvalue weighted by atomic mass is 32.1. The summed E-state index contributed by atoms with van der Waals surface area (Å²) in [5, 5.41) is 25.4. The van der Waals surface area contributed by atoms with Gasteiger partial charge in [-0.25, -0.2) is 9.97 Å². The normalized spacial score (nSPS) is 12.6. The van der Waals surface area contributed by atoms with Crippen LogP contribution in [0.4, 0.5) is 0 Å². The standard InChI is InChI=1S/C44H34N2O4S2/c47-41-27-9-5-11-29(41)23-33-15-8-16-34(44(33)50-26-40-46-36-18-2-4-20-38(36)52-40)24-30-12-6-10-28(42(30)48)22-32-14-7-13-31(21-27)43(32)49-25-39-45-35-17-1-3-19-37(35)51-39/h1-20,47-48H,21-26H2. The summed E-state index contributed by atoms with van der Waals surface area (Å²) in [6.45, 7) is 0.631. The molecule has 0 radical (unpaired) electrons. The van der Waals surface area contributed by atoms with E-state index in [9.17, 15) is 10.2 Å². The largest absolute Gasteiger partial charge is 0.507 e. The van der Waals surface area contributed by atoms with Gasteiger partial charge in [0.15, 0.2) is 0 Å². The van der Waals surface area contributed by atoms with Crippen molar-refractivity contribution in [2.45, 2.75) is 38.9 Å². The van der Waals surface area contributed by atoms with Crippen molar-refractivity contribution < 1.29 is 19.7 Å². The molecule has 0 unspecified atom stereocenters. The van der Waals surface area contributed by atoms with Gasteiger partial charge in [0.25, 0.3) is 0 Å². The molecular weight excluding hydrogens is 685 g/mol. The number of aromatic nitrogens is 2. The summed E-state index contributed by atoms with van der Waals surface area (Å²) in [4.78, 5) is 9.61. The molecule has 8 heteroatoms. The number of para-hydroxylation sites is 6. The monoisotopic (exact) mass is 718 g/mol. The number of hydrogen-bond acceptors (Lipinski definition) is 8. The zero-order valence-electron chi connectivity index (χ0n) is 28.2. The summed E-state index contributed by atoms with van der Waals surface area (Å²) >= 11 is 3.25. The first-order chi connectivity index (χ1) is 25.6. The van der Waals surface area contributed by atoms with Gasteiger partial charge in [-0.1, -0.05) is 97.1 Å². The molecule has 0 amide bonds. The molecule has 8 bridgehead atoms.